The van der Waals surface area contributed by atoms with E-state index in [0.29, 0.717) is 5.92 Å². The molecule has 0 spiro atoms. The van der Waals surface area contributed by atoms with Crippen LogP contribution in [-0.2, 0) is 11.3 Å². The highest BCUT2D eigenvalue weighted by atomic mass is 16.3. The number of carboxylic acid groups (broad SMARTS) is 1. The molecule has 1 saturated heterocycles. The van der Waals surface area contributed by atoms with Crippen LogP contribution < -0.4 is 0 Å². The van der Waals surface area contributed by atoms with Crippen molar-refractivity contribution in [1.29, 1.82) is 0 Å². The van der Waals surface area contributed by atoms with E-state index in [-0.39, 0.29) is 6.47 Å². The first-order valence-corrected chi connectivity index (χ1v) is 7.45. The molecule has 1 aliphatic rings. The quantitative estimate of drug-likeness (QED) is 0.849. The van der Waals surface area contributed by atoms with E-state index in [0.717, 1.165) is 31.2 Å². The summed E-state index contributed by atoms with van der Waals surface area (Å²) in [6, 6.07) is 6.34. The number of H-pyrrole nitrogens is 1. The van der Waals surface area contributed by atoms with Crippen LogP contribution in [-0.4, -0.2) is 44.5 Å². The number of likely N-dealkylation sites (tertiary alicyclic amines) is 1. The summed E-state index contributed by atoms with van der Waals surface area (Å²) in [7, 11) is 0. The lowest BCUT2D eigenvalue weighted by Crippen LogP contribution is -2.34. The highest BCUT2D eigenvalue weighted by molar-refractivity contribution is 5.32. The van der Waals surface area contributed by atoms with Gasteiger partial charge >= 0.3 is 0 Å². The van der Waals surface area contributed by atoms with Gasteiger partial charge in [0, 0.05) is 36.2 Å². The zero-order valence-corrected chi connectivity index (χ0v) is 12.8. The molecule has 0 aromatic carbocycles. The molecule has 1 aliphatic heterocycles. The molecule has 6 nitrogen and oxygen atoms in total. The van der Waals surface area contributed by atoms with Crippen LogP contribution in [0.2, 0.25) is 0 Å². The molecule has 3 heterocycles. The number of nitrogens with one attached hydrogen (secondary N) is 1. The maximum absolute atomic E-state index is 8.36. The number of rotatable bonds is 3. The van der Waals surface area contributed by atoms with Crippen LogP contribution in [0.4, 0.5) is 0 Å². The van der Waals surface area contributed by atoms with Crippen LogP contribution in [0.3, 0.4) is 0 Å². The molecule has 22 heavy (non-hydrogen) atoms. The first-order valence-electron chi connectivity index (χ1n) is 7.45. The number of hydrogen-bond acceptors (Lipinski definition) is 4. The van der Waals surface area contributed by atoms with Gasteiger partial charge in [-0.05, 0) is 38.4 Å². The normalized spacial score (nSPS) is 18.3. The van der Waals surface area contributed by atoms with Gasteiger partial charge in [-0.15, -0.1) is 0 Å². The molecule has 0 saturated carbocycles. The van der Waals surface area contributed by atoms with Gasteiger partial charge in [-0.3, -0.25) is 14.7 Å². The van der Waals surface area contributed by atoms with Crippen molar-refractivity contribution in [3.63, 3.8) is 0 Å². The van der Waals surface area contributed by atoms with E-state index >= 15 is 0 Å². The molecule has 0 radical (unpaired) electrons. The molecule has 0 aliphatic carbocycles. The number of hydrogen-bond donors (Lipinski definition) is 2. The summed E-state index contributed by atoms with van der Waals surface area (Å²) in [6.07, 6.45) is 6.18. The second-order valence-corrected chi connectivity index (χ2v) is 5.42. The second kappa shape index (κ2) is 8.29. The summed E-state index contributed by atoms with van der Waals surface area (Å²) in [6.45, 7) is 4.96. The monoisotopic (exact) mass is 302 g/mol. The fourth-order valence-electron chi connectivity index (χ4n) is 2.83. The van der Waals surface area contributed by atoms with Gasteiger partial charge in [0.1, 0.15) is 5.82 Å². The molecule has 2 N–H and O–H groups in total. The number of aromatic nitrogens is 3. The SMILES string of the molecule is Cc1cccc(C2CCCN(Cc3ncc[nH]3)C2)n1.O=CO. The summed E-state index contributed by atoms with van der Waals surface area (Å²) in [5.74, 6) is 1.61. The lowest BCUT2D eigenvalue weighted by molar-refractivity contribution is -0.122. The zero-order chi connectivity index (χ0) is 15.8. The van der Waals surface area contributed by atoms with Crippen molar-refractivity contribution in [2.75, 3.05) is 13.1 Å². The van der Waals surface area contributed by atoms with Crippen LogP contribution in [0, 0.1) is 6.92 Å². The number of aryl methyl sites for hydroxylation is 1. The Hall–Kier alpha value is -2.21. The average molecular weight is 302 g/mol. The third-order valence-electron chi connectivity index (χ3n) is 3.76. The smallest absolute Gasteiger partial charge is 0.290 e. The minimum Gasteiger partial charge on any atom is -0.483 e. The number of carbonyl (C=O) groups is 1. The predicted octanol–water partition coefficient (Wildman–Crippen LogP) is 2.19. The topological polar surface area (TPSA) is 82.1 Å². The minimum absolute atomic E-state index is 0.250. The molecule has 6 heteroatoms. The van der Waals surface area contributed by atoms with Gasteiger partial charge in [0.05, 0.1) is 6.54 Å². The van der Waals surface area contributed by atoms with Crippen molar-refractivity contribution >= 4 is 6.47 Å². The highest BCUT2D eigenvalue weighted by Crippen LogP contribution is 2.26. The van der Waals surface area contributed by atoms with E-state index in [2.05, 4.69) is 45.0 Å². The van der Waals surface area contributed by atoms with E-state index in [1.54, 1.807) is 0 Å². The van der Waals surface area contributed by atoms with E-state index in [1.807, 2.05) is 12.4 Å². The fourth-order valence-corrected chi connectivity index (χ4v) is 2.83. The van der Waals surface area contributed by atoms with E-state index in [9.17, 15) is 0 Å². The van der Waals surface area contributed by atoms with Gasteiger partial charge in [0.25, 0.3) is 6.47 Å². The van der Waals surface area contributed by atoms with Crippen molar-refractivity contribution in [2.24, 2.45) is 0 Å². The van der Waals surface area contributed by atoms with Gasteiger partial charge in [0.15, 0.2) is 0 Å². The van der Waals surface area contributed by atoms with Crippen LogP contribution in [0.15, 0.2) is 30.6 Å². The highest BCUT2D eigenvalue weighted by Gasteiger charge is 2.22. The number of nitrogens with zero attached hydrogens (tertiary/aromatic N) is 3. The molecule has 118 valence electrons. The van der Waals surface area contributed by atoms with Crippen LogP contribution in [0.25, 0.3) is 0 Å². The number of imidazole rings is 1. The maximum Gasteiger partial charge on any atom is 0.290 e. The first-order chi connectivity index (χ1) is 10.7. The summed E-state index contributed by atoms with van der Waals surface area (Å²) >= 11 is 0. The van der Waals surface area contributed by atoms with Crippen LogP contribution in [0.5, 0.6) is 0 Å². The number of piperidine rings is 1. The van der Waals surface area contributed by atoms with Gasteiger partial charge in [-0.2, -0.15) is 0 Å². The molecule has 3 rings (SSSR count). The standard InChI is InChI=1S/C15H20N4.CH2O2/c1-12-4-2-6-14(18-12)13-5-3-9-19(10-13)11-15-16-7-8-17-15;2-1-3/h2,4,6-8,13H,3,5,9-11H2,1H3,(H,16,17);1H,(H,2,3). The molecule has 0 amide bonds. The molecular weight excluding hydrogens is 280 g/mol. The summed E-state index contributed by atoms with van der Waals surface area (Å²) < 4.78 is 0. The molecular formula is C16H22N4O2. The Kier molecular flexibility index (Phi) is 6.09. The fraction of sp³-hybridized carbons (Fsp3) is 0.438. The maximum atomic E-state index is 8.36. The predicted molar refractivity (Wildman–Crippen MR) is 83.5 cm³/mol. The summed E-state index contributed by atoms with van der Waals surface area (Å²) in [5, 5.41) is 6.89. The molecule has 2 aromatic rings. The average Bonchev–Trinajstić information content (AvgIpc) is 3.01. The lowest BCUT2D eigenvalue weighted by atomic mass is 9.94. The molecule has 1 atom stereocenters. The van der Waals surface area contributed by atoms with Gasteiger partial charge in [-0.25, -0.2) is 4.98 Å². The Labute approximate surface area is 130 Å². The molecule has 1 fully saturated rings. The first kappa shape index (κ1) is 16.2. The van der Waals surface area contributed by atoms with E-state index in [1.165, 1.54) is 18.5 Å². The zero-order valence-electron chi connectivity index (χ0n) is 12.8. The van der Waals surface area contributed by atoms with Crippen LogP contribution in [0.1, 0.15) is 36.0 Å². The largest absolute Gasteiger partial charge is 0.483 e. The Bertz CT molecular complexity index is 571. The van der Waals surface area contributed by atoms with E-state index in [4.69, 9.17) is 9.90 Å². The third-order valence-corrected chi connectivity index (χ3v) is 3.76. The second-order valence-electron chi connectivity index (χ2n) is 5.42. The Morgan fingerprint density at radius 1 is 1.50 bits per heavy atom. The van der Waals surface area contributed by atoms with Crippen LogP contribution >= 0.6 is 0 Å². The van der Waals surface area contributed by atoms with Crippen molar-refractivity contribution < 1.29 is 9.90 Å². The Balaban J connectivity index is 0.000000545. The number of pyridine rings is 1. The Morgan fingerprint density at radius 3 is 3.00 bits per heavy atom. The van der Waals surface area contributed by atoms with Gasteiger partial charge in [-0.1, -0.05) is 6.07 Å². The molecule has 2 aromatic heterocycles. The Morgan fingerprint density at radius 2 is 2.32 bits per heavy atom. The number of aromatic amines is 1. The van der Waals surface area contributed by atoms with Gasteiger partial charge < -0.3 is 10.1 Å². The molecule has 1 unspecified atom stereocenters. The molecule has 0 bridgehead atoms. The van der Waals surface area contributed by atoms with Crippen molar-refractivity contribution in [2.45, 2.75) is 32.2 Å². The lowest BCUT2D eigenvalue weighted by Gasteiger charge is -2.31. The van der Waals surface area contributed by atoms with Crippen molar-refractivity contribution in [1.82, 2.24) is 19.9 Å². The van der Waals surface area contributed by atoms with Gasteiger partial charge in [0.2, 0.25) is 0 Å². The van der Waals surface area contributed by atoms with E-state index < -0.39 is 0 Å². The third kappa shape index (κ3) is 4.66. The summed E-state index contributed by atoms with van der Waals surface area (Å²) in [4.78, 5) is 23.0. The van der Waals surface area contributed by atoms with Crippen molar-refractivity contribution in [3.8, 4) is 0 Å². The summed E-state index contributed by atoms with van der Waals surface area (Å²) in [5.41, 5.74) is 2.35. The minimum atomic E-state index is -0.250. The van der Waals surface area contributed by atoms with Crippen molar-refractivity contribution in [3.05, 3.63) is 47.8 Å².